The highest BCUT2D eigenvalue weighted by Crippen LogP contribution is 2.30. The van der Waals surface area contributed by atoms with Gasteiger partial charge in [0.15, 0.2) is 6.29 Å². The third-order valence-electron chi connectivity index (χ3n) is 2.28. The van der Waals surface area contributed by atoms with Gasteiger partial charge in [-0.1, -0.05) is 6.07 Å². The molecule has 0 amide bonds. The normalized spacial score (nSPS) is 17.7. The lowest BCUT2D eigenvalue weighted by molar-refractivity contribution is -0.183. The van der Waals surface area contributed by atoms with Gasteiger partial charge >= 0.3 is 0 Å². The summed E-state index contributed by atoms with van der Waals surface area (Å²) in [6.45, 7) is 1.52. The first-order valence-corrected chi connectivity index (χ1v) is 5.67. The average Bonchev–Trinajstić information content (AvgIpc) is 2.30. The molecule has 0 N–H and O–H groups in total. The second kappa shape index (κ2) is 4.96. The highest BCUT2D eigenvalue weighted by atomic mass is 79.9. The van der Waals surface area contributed by atoms with Crippen LogP contribution in [0.5, 0.6) is 5.75 Å². The summed E-state index contributed by atoms with van der Waals surface area (Å²) in [6, 6.07) is 5.83. The van der Waals surface area contributed by atoms with E-state index in [1.807, 2.05) is 18.2 Å². The third-order valence-corrected chi connectivity index (χ3v) is 2.89. The van der Waals surface area contributed by atoms with Crippen molar-refractivity contribution in [3.8, 4) is 5.75 Å². The second-order valence-electron chi connectivity index (χ2n) is 3.32. The van der Waals surface area contributed by atoms with Crippen molar-refractivity contribution in [3.05, 3.63) is 28.2 Å². The standard InChI is InChI=1S/C11H13BrO3/c1-13-10-4-3-8(7-9(10)12)11-14-5-2-6-15-11/h3-4,7,11H,2,5-6H2,1H3. The van der Waals surface area contributed by atoms with Crippen molar-refractivity contribution in [2.75, 3.05) is 20.3 Å². The van der Waals surface area contributed by atoms with E-state index in [1.54, 1.807) is 7.11 Å². The quantitative estimate of drug-likeness (QED) is 0.829. The molecule has 1 fully saturated rings. The zero-order valence-electron chi connectivity index (χ0n) is 8.53. The van der Waals surface area contributed by atoms with E-state index >= 15 is 0 Å². The Morgan fingerprint density at radius 1 is 1.33 bits per heavy atom. The lowest BCUT2D eigenvalue weighted by Crippen LogP contribution is -2.17. The summed E-state index contributed by atoms with van der Waals surface area (Å²) in [5, 5.41) is 0. The minimum Gasteiger partial charge on any atom is -0.496 e. The van der Waals surface area contributed by atoms with Crippen LogP contribution in [0.1, 0.15) is 18.3 Å². The molecule has 82 valence electrons. The minimum absolute atomic E-state index is 0.235. The van der Waals surface area contributed by atoms with E-state index in [1.165, 1.54) is 0 Å². The van der Waals surface area contributed by atoms with Gasteiger partial charge in [-0.15, -0.1) is 0 Å². The number of methoxy groups -OCH3 is 1. The number of rotatable bonds is 2. The number of halogens is 1. The zero-order chi connectivity index (χ0) is 10.7. The van der Waals surface area contributed by atoms with Crippen LogP contribution < -0.4 is 4.74 Å². The van der Waals surface area contributed by atoms with E-state index in [0.29, 0.717) is 0 Å². The van der Waals surface area contributed by atoms with Crippen molar-refractivity contribution in [3.63, 3.8) is 0 Å². The van der Waals surface area contributed by atoms with Crippen LogP contribution in [0.15, 0.2) is 22.7 Å². The van der Waals surface area contributed by atoms with E-state index in [2.05, 4.69) is 15.9 Å². The summed E-state index contributed by atoms with van der Waals surface area (Å²) in [5.74, 6) is 0.814. The molecule has 0 unspecified atom stereocenters. The molecule has 15 heavy (non-hydrogen) atoms. The van der Waals surface area contributed by atoms with E-state index in [-0.39, 0.29) is 6.29 Å². The van der Waals surface area contributed by atoms with Crippen LogP contribution in [0, 0.1) is 0 Å². The maximum atomic E-state index is 5.51. The Bertz CT molecular complexity index is 335. The SMILES string of the molecule is COc1ccc(C2OCCCO2)cc1Br. The van der Waals surface area contributed by atoms with E-state index in [0.717, 1.165) is 35.4 Å². The Balaban J connectivity index is 2.17. The molecule has 0 atom stereocenters. The number of ether oxygens (including phenoxy) is 3. The molecule has 0 bridgehead atoms. The number of hydrogen-bond donors (Lipinski definition) is 0. The van der Waals surface area contributed by atoms with Crippen LogP contribution in [-0.2, 0) is 9.47 Å². The summed E-state index contributed by atoms with van der Waals surface area (Å²) >= 11 is 3.44. The van der Waals surface area contributed by atoms with Crippen molar-refractivity contribution in [1.29, 1.82) is 0 Å². The highest BCUT2D eigenvalue weighted by Gasteiger charge is 2.17. The fourth-order valence-corrected chi connectivity index (χ4v) is 2.07. The Labute approximate surface area is 97.5 Å². The summed E-state index contributed by atoms with van der Waals surface area (Å²) in [5.41, 5.74) is 1.02. The topological polar surface area (TPSA) is 27.7 Å². The van der Waals surface area contributed by atoms with Gasteiger partial charge in [0.25, 0.3) is 0 Å². The van der Waals surface area contributed by atoms with Crippen LogP contribution in [0.25, 0.3) is 0 Å². The predicted molar refractivity (Wildman–Crippen MR) is 60.0 cm³/mol. The van der Waals surface area contributed by atoms with Gasteiger partial charge < -0.3 is 14.2 Å². The summed E-state index contributed by atoms with van der Waals surface area (Å²) < 4.78 is 17.1. The molecule has 0 spiro atoms. The molecule has 4 heteroatoms. The Morgan fingerprint density at radius 3 is 2.67 bits per heavy atom. The first-order chi connectivity index (χ1) is 7.31. The molecular weight excluding hydrogens is 260 g/mol. The van der Waals surface area contributed by atoms with Gasteiger partial charge in [-0.25, -0.2) is 0 Å². The van der Waals surface area contributed by atoms with E-state index in [9.17, 15) is 0 Å². The zero-order valence-corrected chi connectivity index (χ0v) is 10.1. The van der Waals surface area contributed by atoms with E-state index < -0.39 is 0 Å². The van der Waals surface area contributed by atoms with Gasteiger partial charge in [0.2, 0.25) is 0 Å². The predicted octanol–water partition coefficient (Wildman–Crippen LogP) is 2.89. The number of benzene rings is 1. The fraction of sp³-hybridized carbons (Fsp3) is 0.455. The van der Waals surface area contributed by atoms with Crippen LogP contribution in [-0.4, -0.2) is 20.3 Å². The van der Waals surface area contributed by atoms with Crippen molar-refractivity contribution < 1.29 is 14.2 Å². The van der Waals surface area contributed by atoms with Gasteiger partial charge in [-0.3, -0.25) is 0 Å². The van der Waals surface area contributed by atoms with E-state index in [4.69, 9.17) is 14.2 Å². The average molecular weight is 273 g/mol. The Hall–Kier alpha value is -0.580. The monoisotopic (exact) mass is 272 g/mol. The van der Waals surface area contributed by atoms with Crippen molar-refractivity contribution >= 4 is 15.9 Å². The lowest BCUT2D eigenvalue weighted by atomic mass is 10.2. The molecule has 1 aliphatic heterocycles. The molecule has 0 radical (unpaired) electrons. The second-order valence-corrected chi connectivity index (χ2v) is 4.18. The molecule has 1 saturated heterocycles. The smallest absolute Gasteiger partial charge is 0.183 e. The summed E-state index contributed by atoms with van der Waals surface area (Å²) in [7, 11) is 1.65. The first kappa shape index (κ1) is 10.9. The maximum Gasteiger partial charge on any atom is 0.183 e. The molecule has 0 aromatic heterocycles. The molecule has 2 rings (SSSR count). The molecule has 1 heterocycles. The van der Waals surface area contributed by atoms with Crippen LogP contribution in [0.3, 0.4) is 0 Å². The van der Waals surface area contributed by atoms with Crippen molar-refractivity contribution in [2.45, 2.75) is 12.7 Å². The van der Waals surface area contributed by atoms with Gasteiger partial charge in [0.05, 0.1) is 24.8 Å². The number of hydrogen-bond acceptors (Lipinski definition) is 3. The molecule has 0 saturated carbocycles. The minimum atomic E-state index is -0.235. The highest BCUT2D eigenvalue weighted by molar-refractivity contribution is 9.10. The van der Waals surface area contributed by atoms with Crippen molar-refractivity contribution in [1.82, 2.24) is 0 Å². The summed E-state index contributed by atoms with van der Waals surface area (Å²) in [6.07, 6.45) is 0.731. The molecular formula is C11H13BrO3. The van der Waals surface area contributed by atoms with Gasteiger partial charge in [0.1, 0.15) is 5.75 Å². The Morgan fingerprint density at radius 2 is 2.07 bits per heavy atom. The van der Waals surface area contributed by atoms with Crippen molar-refractivity contribution in [2.24, 2.45) is 0 Å². The van der Waals surface area contributed by atoms with Crippen LogP contribution >= 0.6 is 15.9 Å². The summed E-state index contributed by atoms with van der Waals surface area (Å²) in [4.78, 5) is 0. The molecule has 1 aromatic rings. The first-order valence-electron chi connectivity index (χ1n) is 4.88. The maximum absolute atomic E-state index is 5.51. The van der Waals surface area contributed by atoms with Crippen LogP contribution in [0.4, 0.5) is 0 Å². The van der Waals surface area contributed by atoms with Gasteiger partial charge in [0, 0.05) is 5.56 Å². The largest absolute Gasteiger partial charge is 0.496 e. The fourth-order valence-electron chi connectivity index (χ4n) is 1.51. The Kier molecular flexibility index (Phi) is 3.61. The lowest BCUT2D eigenvalue weighted by Gasteiger charge is -2.23. The van der Waals surface area contributed by atoms with Crippen LogP contribution in [0.2, 0.25) is 0 Å². The van der Waals surface area contributed by atoms with Gasteiger partial charge in [-0.05, 0) is 34.5 Å². The molecule has 1 aromatic carbocycles. The third kappa shape index (κ3) is 2.51. The van der Waals surface area contributed by atoms with Gasteiger partial charge in [-0.2, -0.15) is 0 Å². The molecule has 1 aliphatic rings. The molecule has 3 nitrogen and oxygen atoms in total. The molecule has 0 aliphatic carbocycles.